The average Bonchev–Trinajstić information content (AvgIpc) is 2.59. The molecule has 0 aromatic heterocycles. The van der Waals surface area contributed by atoms with Crippen LogP contribution in [-0.4, -0.2) is 20.2 Å². The van der Waals surface area contributed by atoms with Gasteiger partial charge in [-0.05, 0) is 29.8 Å². The Morgan fingerprint density at radius 1 is 1.09 bits per heavy atom. The van der Waals surface area contributed by atoms with Crippen molar-refractivity contribution in [1.29, 1.82) is 5.26 Å². The highest BCUT2D eigenvalue weighted by molar-refractivity contribution is 5.93. The topological polar surface area (TPSA) is 68.5 Å². The fourth-order valence-corrected chi connectivity index (χ4v) is 1.95. The van der Waals surface area contributed by atoms with Gasteiger partial charge in [-0.3, -0.25) is 0 Å². The van der Waals surface area contributed by atoms with Crippen LogP contribution in [0.2, 0.25) is 0 Å². The molecule has 2 aromatic rings. The van der Waals surface area contributed by atoms with Crippen molar-refractivity contribution in [2.45, 2.75) is 6.61 Å². The third-order valence-corrected chi connectivity index (χ3v) is 3.08. The van der Waals surface area contributed by atoms with E-state index < -0.39 is 5.97 Å². The Hall–Kier alpha value is -3.00. The van der Waals surface area contributed by atoms with E-state index in [2.05, 4.69) is 0 Å². The standard InChI is InChI=1S/C17H15NO4/c1-20-15-5-3-4-14(16(15)21-2)17(19)22-11-13-8-6-12(10-18)7-9-13/h3-9H,11H2,1-2H3. The van der Waals surface area contributed by atoms with Crippen molar-refractivity contribution >= 4 is 5.97 Å². The Morgan fingerprint density at radius 3 is 2.41 bits per heavy atom. The molecule has 0 amide bonds. The lowest BCUT2D eigenvalue weighted by molar-refractivity contribution is 0.0468. The first kappa shape index (κ1) is 15.4. The van der Waals surface area contributed by atoms with E-state index in [0.717, 1.165) is 5.56 Å². The van der Waals surface area contributed by atoms with Gasteiger partial charge in [0.25, 0.3) is 0 Å². The number of para-hydroxylation sites is 1. The summed E-state index contributed by atoms with van der Waals surface area (Å²) in [4.78, 5) is 12.2. The van der Waals surface area contributed by atoms with Crippen LogP contribution in [0.4, 0.5) is 0 Å². The summed E-state index contributed by atoms with van der Waals surface area (Å²) in [5, 5.41) is 8.74. The van der Waals surface area contributed by atoms with Crippen LogP contribution in [0.5, 0.6) is 11.5 Å². The molecule has 5 heteroatoms. The maximum absolute atomic E-state index is 12.2. The van der Waals surface area contributed by atoms with Gasteiger partial charge >= 0.3 is 5.97 Å². The minimum Gasteiger partial charge on any atom is -0.493 e. The zero-order chi connectivity index (χ0) is 15.9. The van der Waals surface area contributed by atoms with Crippen molar-refractivity contribution in [2.75, 3.05) is 14.2 Å². The number of hydrogen-bond donors (Lipinski definition) is 0. The first-order valence-electron chi connectivity index (χ1n) is 6.56. The normalized spacial score (nSPS) is 9.68. The largest absolute Gasteiger partial charge is 0.493 e. The summed E-state index contributed by atoms with van der Waals surface area (Å²) in [5.41, 5.74) is 1.66. The molecular formula is C17H15NO4. The van der Waals surface area contributed by atoms with Crippen molar-refractivity contribution in [3.8, 4) is 17.6 Å². The number of ether oxygens (including phenoxy) is 3. The number of methoxy groups -OCH3 is 2. The molecule has 0 saturated carbocycles. The zero-order valence-electron chi connectivity index (χ0n) is 12.3. The molecule has 0 atom stereocenters. The molecule has 0 radical (unpaired) electrons. The van der Waals surface area contributed by atoms with E-state index >= 15 is 0 Å². The molecule has 0 heterocycles. The van der Waals surface area contributed by atoms with Gasteiger partial charge in [0.1, 0.15) is 12.2 Å². The van der Waals surface area contributed by atoms with Crippen molar-refractivity contribution in [3.05, 3.63) is 59.2 Å². The van der Waals surface area contributed by atoms with Crippen LogP contribution >= 0.6 is 0 Å². The summed E-state index contributed by atoms with van der Waals surface area (Å²) in [6.07, 6.45) is 0. The highest BCUT2D eigenvalue weighted by atomic mass is 16.5. The van der Waals surface area contributed by atoms with Crippen LogP contribution in [0.25, 0.3) is 0 Å². The number of hydrogen-bond acceptors (Lipinski definition) is 5. The van der Waals surface area contributed by atoms with Crippen molar-refractivity contribution in [2.24, 2.45) is 0 Å². The summed E-state index contributed by atoms with van der Waals surface area (Å²) < 4.78 is 15.6. The van der Waals surface area contributed by atoms with E-state index in [9.17, 15) is 4.79 Å². The van der Waals surface area contributed by atoms with Crippen LogP contribution in [0.15, 0.2) is 42.5 Å². The second kappa shape index (κ2) is 7.14. The lowest BCUT2D eigenvalue weighted by atomic mass is 10.1. The van der Waals surface area contributed by atoms with Gasteiger partial charge in [0.2, 0.25) is 0 Å². The summed E-state index contributed by atoms with van der Waals surface area (Å²) in [7, 11) is 2.97. The quantitative estimate of drug-likeness (QED) is 0.794. The molecule has 2 aromatic carbocycles. The lowest BCUT2D eigenvalue weighted by Crippen LogP contribution is -2.08. The molecule has 22 heavy (non-hydrogen) atoms. The molecule has 112 valence electrons. The van der Waals surface area contributed by atoms with Crippen LogP contribution in [0.1, 0.15) is 21.5 Å². The minimum absolute atomic E-state index is 0.116. The predicted molar refractivity (Wildman–Crippen MR) is 79.8 cm³/mol. The molecule has 5 nitrogen and oxygen atoms in total. The Morgan fingerprint density at radius 2 is 1.82 bits per heavy atom. The number of carbonyl (C=O) groups excluding carboxylic acids is 1. The van der Waals surface area contributed by atoms with Gasteiger partial charge in [0.15, 0.2) is 11.5 Å². The molecule has 0 saturated heterocycles. The summed E-state index contributed by atoms with van der Waals surface area (Å²) in [5.74, 6) is 0.310. The van der Waals surface area contributed by atoms with Gasteiger partial charge in [-0.1, -0.05) is 18.2 Å². The fraction of sp³-hybridized carbons (Fsp3) is 0.176. The highest BCUT2D eigenvalue weighted by Gasteiger charge is 2.17. The molecule has 0 unspecified atom stereocenters. The third kappa shape index (κ3) is 3.36. The van der Waals surface area contributed by atoms with Gasteiger partial charge in [0.05, 0.1) is 25.9 Å². The number of rotatable bonds is 5. The Labute approximate surface area is 128 Å². The van der Waals surface area contributed by atoms with Crippen molar-refractivity contribution < 1.29 is 19.0 Å². The van der Waals surface area contributed by atoms with E-state index in [0.29, 0.717) is 22.6 Å². The number of nitriles is 1. The van der Waals surface area contributed by atoms with E-state index in [1.807, 2.05) is 6.07 Å². The Balaban J connectivity index is 2.10. The molecule has 0 aliphatic rings. The Kier molecular flexibility index (Phi) is 4.99. The van der Waals surface area contributed by atoms with Gasteiger partial charge in [-0.25, -0.2) is 4.79 Å². The molecule has 0 fully saturated rings. The lowest BCUT2D eigenvalue weighted by Gasteiger charge is -2.12. The first-order chi connectivity index (χ1) is 10.7. The van der Waals surface area contributed by atoms with E-state index in [1.165, 1.54) is 14.2 Å². The second-order valence-electron chi connectivity index (χ2n) is 4.43. The van der Waals surface area contributed by atoms with Gasteiger partial charge in [-0.15, -0.1) is 0 Å². The van der Waals surface area contributed by atoms with E-state index in [4.69, 9.17) is 19.5 Å². The van der Waals surface area contributed by atoms with Gasteiger partial charge in [-0.2, -0.15) is 5.26 Å². The summed E-state index contributed by atoms with van der Waals surface area (Å²) in [6.45, 7) is 0.116. The second-order valence-corrected chi connectivity index (χ2v) is 4.43. The van der Waals surface area contributed by atoms with Crippen LogP contribution < -0.4 is 9.47 Å². The molecular weight excluding hydrogens is 282 g/mol. The number of esters is 1. The Bertz CT molecular complexity index is 702. The minimum atomic E-state index is -0.500. The molecule has 0 bridgehead atoms. The number of benzene rings is 2. The third-order valence-electron chi connectivity index (χ3n) is 3.08. The van der Waals surface area contributed by atoms with Crippen molar-refractivity contribution in [1.82, 2.24) is 0 Å². The van der Waals surface area contributed by atoms with Crippen molar-refractivity contribution in [3.63, 3.8) is 0 Å². The van der Waals surface area contributed by atoms with E-state index in [1.54, 1.807) is 42.5 Å². The van der Waals surface area contributed by atoms with Gasteiger partial charge in [0, 0.05) is 0 Å². The number of carbonyl (C=O) groups is 1. The zero-order valence-corrected chi connectivity index (χ0v) is 12.3. The predicted octanol–water partition coefficient (Wildman–Crippen LogP) is 2.93. The molecule has 0 aliphatic heterocycles. The van der Waals surface area contributed by atoms with E-state index in [-0.39, 0.29) is 6.61 Å². The number of nitrogens with zero attached hydrogens (tertiary/aromatic N) is 1. The average molecular weight is 297 g/mol. The molecule has 0 N–H and O–H groups in total. The fourth-order valence-electron chi connectivity index (χ4n) is 1.95. The smallest absolute Gasteiger partial charge is 0.342 e. The van der Waals surface area contributed by atoms with Crippen LogP contribution in [-0.2, 0) is 11.3 Å². The van der Waals surface area contributed by atoms with Crippen LogP contribution in [0.3, 0.4) is 0 Å². The molecule has 2 rings (SSSR count). The van der Waals surface area contributed by atoms with Crippen LogP contribution in [0, 0.1) is 11.3 Å². The monoisotopic (exact) mass is 297 g/mol. The SMILES string of the molecule is COc1cccc(C(=O)OCc2ccc(C#N)cc2)c1OC. The maximum Gasteiger partial charge on any atom is 0.342 e. The summed E-state index contributed by atoms with van der Waals surface area (Å²) >= 11 is 0. The molecule has 0 aliphatic carbocycles. The maximum atomic E-state index is 12.2. The highest BCUT2D eigenvalue weighted by Crippen LogP contribution is 2.31. The molecule has 0 spiro atoms. The summed E-state index contributed by atoms with van der Waals surface area (Å²) in [6, 6.07) is 13.9. The van der Waals surface area contributed by atoms with Gasteiger partial charge < -0.3 is 14.2 Å². The first-order valence-corrected chi connectivity index (χ1v) is 6.56.